The maximum absolute atomic E-state index is 14.6. The van der Waals surface area contributed by atoms with Gasteiger partial charge in [0.05, 0.1) is 27.2 Å². The van der Waals surface area contributed by atoms with Crippen molar-refractivity contribution in [1.82, 2.24) is 10.2 Å². The van der Waals surface area contributed by atoms with Crippen LogP contribution in [0.3, 0.4) is 0 Å². The Labute approximate surface area is 287 Å². The van der Waals surface area contributed by atoms with Gasteiger partial charge in [0.15, 0.2) is 0 Å². The lowest BCUT2D eigenvalue weighted by Gasteiger charge is -2.34. The number of hydrogen-bond acceptors (Lipinski definition) is 5. The summed E-state index contributed by atoms with van der Waals surface area (Å²) in [7, 11) is -4.21. The number of hydrogen-bond donors (Lipinski definition) is 1. The van der Waals surface area contributed by atoms with Crippen LogP contribution in [-0.2, 0) is 32.6 Å². The molecule has 0 saturated heterocycles. The van der Waals surface area contributed by atoms with Crippen molar-refractivity contribution >= 4 is 50.7 Å². The normalized spacial score (nSPS) is 12.5. The van der Waals surface area contributed by atoms with Crippen LogP contribution in [0.25, 0.3) is 0 Å². The van der Waals surface area contributed by atoms with Crippen molar-refractivity contribution in [2.24, 2.45) is 0 Å². The first-order valence-electron chi connectivity index (χ1n) is 15.4. The Hall–Kier alpha value is -4.05. The molecule has 4 aromatic rings. The van der Waals surface area contributed by atoms with Crippen LogP contribution in [0.4, 0.5) is 5.69 Å². The van der Waals surface area contributed by atoms with Gasteiger partial charge in [-0.15, -0.1) is 0 Å². The SMILES string of the molecule is CCOc1ccc(N(CC(=O)N(Cc2ccc(Cl)c(Cl)c2)[C@@H](Cc2ccccc2)C(=O)N[C@@H](C)CC)S(=O)(=O)c2ccccc2)cc1. The van der Waals surface area contributed by atoms with Gasteiger partial charge in [0.2, 0.25) is 11.8 Å². The van der Waals surface area contributed by atoms with E-state index in [-0.39, 0.29) is 35.5 Å². The van der Waals surface area contributed by atoms with Crippen molar-refractivity contribution in [3.05, 3.63) is 124 Å². The molecule has 0 heterocycles. The number of carbonyl (C=O) groups is 2. The smallest absolute Gasteiger partial charge is 0.264 e. The second-order valence-corrected chi connectivity index (χ2v) is 13.7. The Balaban J connectivity index is 1.81. The summed E-state index contributed by atoms with van der Waals surface area (Å²) in [6, 6.07) is 27.7. The van der Waals surface area contributed by atoms with Crippen LogP contribution in [-0.4, -0.2) is 50.4 Å². The number of carbonyl (C=O) groups excluding carboxylic acids is 2. The standard InChI is InChI=1S/C36H39Cl2N3O5S/c1-4-26(3)39-36(43)34(23-27-12-8-6-9-13-27)40(24-28-16-21-32(37)33(38)22-28)35(42)25-41(29-17-19-30(20-18-29)46-5-2)47(44,45)31-14-10-7-11-15-31/h6-22,26,34H,4-5,23-25H2,1-3H3,(H,39,43)/t26-,34-/m0/s1. The lowest BCUT2D eigenvalue weighted by Crippen LogP contribution is -2.54. The third-order valence-electron chi connectivity index (χ3n) is 7.65. The van der Waals surface area contributed by atoms with Crippen molar-refractivity contribution < 1.29 is 22.7 Å². The zero-order chi connectivity index (χ0) is 34.0. The summed E-state index contributed by atoms with van der Waals surface area (Å²) in [5.41, 5.74) is 1.73. The molecule has 0 spiro atoms. The summed E-state index contributed by atoms with van der Waals surface area (Å²) < 4.78 is 34.9. The van der Waals surface area contributed by atoms with Gasteiger partial charge in [0.1, 0.15) is 18.3 Å². The second-order valence-electron chi connectivity index (χ2n) is 11.0. The predicted molar refractivity (Wildman–Crippen MR) is 187 cm³/mol. The van der Waals surface area contributed by atoms with E-state index in [2.05, 4.69) is 5.32 Å². The minimum absolute atomic E-state index is 0.0214. The van der Waals surface area contributed by atoms with Gasteiger partial charge in [-0.1, -0.05) is 84.7 Å². The highest BCUT2D eigenvalue weighted by atomic mass is 35.5. The predicted octanol–water partition coefficient (Wildman–Crippen LogP) is 7.14. The summed E-state index contributed by atoms with van der Waals surface area (Å²) in [6.07, 6.45) is 0.885. The molecular formula is C36H39Cl2N3O5S. The van der Waals surface area contributed by atoms with Crippen LogP contribution in [0, 0.1) is 0 Å². The Kier molecular flexibility index (Phi) is 12.7. The van der Waals surface area contributed by atoms with Crippen LogP contribution in [0.15, 0.2) is 108 Å². The molecule has 2 amide bonds. The molecule has 0 bridgehead atoms. The molecule has 1 N–H and O–H groups in total. The zero-order valence-electron chi connectivity index (χ0n) is 26.6. The second kappa shape index (κ2) is 16.7. The van der Waals surface area contributed by atoms with E-state index in [1.165, 1.54) is 17.0 Å². The molecule has 47 heavy (non-hydrogen) atoms. The van der Waals surface area contributed by atoms with Crippen LogP contribution in [0.5, 0.6) is 5.75 Å². The average Bonchev–Trinajstić information content (AvgIpc) is 3.08. The van der Waals surface area contributed by atoms with E-state index in [4.69, 9.17) is 27.9 Å². The molecule has 0 fully saturated rings. The number of halogens is 2. The van der Waals surface area contributed by atoms with Crippen molar-refractivity contribution in [1.29, 1.82) is 0 Å². The van der Waals surface area contributed by atoms with Gasteiger partial charge in [-0.25, -0.2) is 8.42 Å². The van der Waals surface area contributed by atoms with Crippen molar-refractivity contribution in [2.45, 2.75) is 57.1 Å². The molecule has 0 aliphatic heterocycles. The third-order valence-corrected chi connectivity index (χ3v) is 10.2. The Morgan fingerprint density at radius 2 is 1.47 bits per heavy atom. The average molecular weight is 697 g/mol. The topological polar surface area (TPSA) is 96.0 Å². The van der Waals surface area contributed by atoms with E-state index in [1.54, 1.807) is 60.7 Å². The van der Waals surface area contributed by atoms with E-state index in [0.717, 1.165) is 9.87 Å². The number of benzene rings is 4. The quantitative estimate of drug-likeness (QED) is 0.143. The van der Waals surface area contributed by atoms with E-state index in [9.17, 15) is 18.0 Å². The number of nitrogens with one attached hydrogen (secondary N) is 1. The molecule has 0 radical (unpaired) electrons. The third kappa shape index (κ3) is 9.50. The first kappa shape index (κ1) is 35.8. The number of anilines is 1. The Bertz CT molecular complexity index is 1740. The number of amides is 2. The fourth-order valence-electron chi connectivity index (χ4n) is 4.95. The molecule has 0 aliphatic rings. The van der Waals surface area contributed by atoms with Gasteiger partial charge in [-0.05, 0) is 79.9 Å². The van der Waals surface area contributed by atoms with Crippen molar-refractivity contribution in [2.75, 3.05) is 17.5 Å². The van der Waals surface area contributed by atoms with Crippen LogP contribution in [0.1, 0.15) is 38.3 Å². The van der Waals surface area contributed by atoms with E-state index in [0.29, 0.717) is 34.4 Å². The van der Waals surface area contributed by atoms with E-state index in [1.807, 2.05) is 51.1 Å². The molecule has 11 heteroatoms. The molecule has 0 aromatic heterocycles. The highest BCUT2D eigenvalue weighted by Crippen LogP contribution is 2.28. The summed E-state index contributed by atoms with van der Waals surface area (Å²) in [5.74, 6) is -0.370. The number of rotatable bonds is 15. The summed E-state index contributed by atoms with van der Waals surface area (Å²) in [6.45, 7) is 5.54. The van der Waals surface area contributed by atoms with Gasteiger partial charge in [-0.2, -0.15) is 0 Å². The van der Waals surface area contributed by atoms with E-state index < -0.39 is 28.5 Å². The molecule has 4 aromatic carbocycles. The summed E-state index contributed by atoms with van der Waals surface area (Å²) in [5, 5.41) is 3.67. The number of ether oxygens (including phenoxy) is 1. The Morgan fingerprint density at radius 3 is 2.06 bits per heavy atom. The minimum atomic E-state index is -4.21. The van der Waals surface area contributed by atoms with Crippen LogP contribution < -0.4 is 14.4 Å². The van der Waals surface area contributed by atoms with Gasteiger partial charge in [-0.3, -0.25) is 13.9 Å². The highest BCUT2D eigenvalue weighted by Gasteiger charge is 2.35. The van der Waals surface area contributed by atoms with E-state index >= 15 is 0 Å². The lowest BCUT2D eigenvalue weighted by molar-refractivity contribution is -0.140. The number of sulfonamides is 1. The van der Waals surface area contributed by atoms with Gasteiger partial charge in [0, 0.05) is 19.0 Å². The molecule has 0 aliphatic carbocycles. The molecular weight excluding hydrogens is 657 g/mol. The van der Waals surface area contributed by atoms with Crippen LogP contribution >= 0.6 is 23.2 Å². The monoisotopic (exact) mass is 695 g/mol. The molecule has 0 unspecified atom stereocenters. The molecule has 8 nitrogen and oxygen atoms in total. The Morgan fingerprint density at radius 1 is 0.830 bits per heavy atom. The van der Waals surface area contributed by atoms with Gasteiger partial charge in [0.25, 0.3) is 10.0 Å². The molecule has 248 valence electrons. The molecule has 2 atom stereocenters. The largest absolute Gasteiger partial charge is 0.494 e. The first-order valence-corrected chi connectivity index (χ1v) is 17.6. The molecule has 0 saturated carbocycles. The fraction of sp³-hybridized carbons (Fsp3) is 0.278. The maximum atomic E-state index is 14.6. The lowest BCUT2D eigenvalue weighted by atomic mass is 10.0. The highest BCUT2D eigenvalue weighted by molar-refractivity contribution is 7.92. The first-order chi connectivity index (χ1) is 22.5. The minimum Gasteiger partial charge on any atom is -0.494 e. The van der Waals surface area contributed by atoms with Crippen LogP contribution in [0.2, 0.25) is 10.0 Å². The van der Waals surface area contributed by atoms with Crippen molar-refractivity contribution in [3.63, 3.8) is 0 Å². The summed E-state index contributed by atoms with van der Waals surface area (Å²) in [4.78, 5) is 30.0. The summed E-state index contributed by atoms with van der Waals surface area (Å²) >= 11 is 12.5. The maximum Gasteiger partial charge on any atom is 0.264 e. The molecule has 4 rings (SSSR count). The van der Waals surface area contributed by atoms with Gasteiger partial charge < -0.3 is 15.0 Å². The fourth-order valence-corrected chi connectivity index (χ4v) is 6.71. The van der Waals surface area contributed by atoms with Gasteiger partial charge >= 0.3 is 0 Å². The number of nitrogens with zero attached hydrogens (tertiary/aromatic N) is 2. The van der Waals surface area contributed by atoms with Crippen molar-refractivity contribution in [3.8, 4) is 5.75 Å². The zero-order valence-corrected chi connectivity index (χ0v) is 28.9.